The first-order valence-electron chi connectivity index (χ1n) is 5.38. The number of fused-ring (bicyclic) bond motifs is 1. The second kappa shape index (κ2) is 3.68. The molecule has 2 rings (SSSR count). The van der Waals surface area contributed by atoms with Gasteiger partial charge in [0.05, 0.1) is 12.5 Å². The zero-order valence-electron chi connectivity index (χ0n) is 8.95. The van der Waals surface area contributed by atoms with E-state index >= 15 is 0 Å². The van der Waals surface area contributed by atoms with Gasteiger partial charge >= 0.3 is 0 Å². The number of amides is 2. The van der Waals surface area contributed by atoms with Crippen molar-refractivity contribution >= 4 is 11.8 Å². The molecule has 1 fully saturated rings. The first kappa shape index (κ1) is 10.2. The van der Waals surface area contributed by atoms with E-state index < -0.39 is 5.91 Å². The van der Waals surface area contributed by atoms with Crippen LogP contribution >= 0.6 is 0 Å². The summed E-state index contributed by atoms with van der Waals surface area (Å²) in [5, 5.41) is 0. The number of nitrogens with two attached hydrogens (primary N) is 1. The SMILES string of the molecule is CN1C(=O)C(CC(N)=O)=C2CCCCC21. The molecule has 1 heterocycles. The molecule has 0 bridgehead atoms. The molecule has 1 unspecified atom stereocenters. The van der Waals surface area contributed by atoms with Crippen LogP contribution in [0.2, 0.25) is 0 Å². The van der Waals surface area contributed by atoms with Crippen molar-refractivity contribution in [3.05, 3.63) is 11.1 Å². The highest BCUT2D eigenvalue weighted by atomic mass is 16.2. The summed E-state index contributed by atoms with van der Waals surface area (Å²) >= 11 is 0. The molecule has 2 aliphatic rings. The number of rotatable bonds is 2. The molecule has 0 aromatic carbocycles. The Hall–Kier alpha value is -1.32. The van der Waals surface area contributed by atoms with Crippen LogP contribution in [0.4, 0.5) is 0 Å². The van der Waals surface area contributed by atoms with Crippen LogP contribution in [-0.2, 0) is 9.59 Å². The van der Waals surface area contributed by atoms with Gasteiger partial charge in [-0.3, -0.25) is 9.59 Å². The Morgan fingerprint density at radius 2 is 2.27 bits per heavy atom. The Morgan fingerprint density at radius 3 is 2.93 bits per heavy atom. The van der Waals surface area contributed by atoms with Crippen molar-refractivity contribution in [3.8, 4) is 0 Å². The molecule has 1 aliphatic carbocycles. The van der Waals surface area contributed by atoms with Gasteiger partial charge in [0, 0.05) is 12.6 Å². The predicted molar refractivity (Wildman–Crippen MR) is 55.9 cm³/mol. The third kappa shape index (κ3) is 1.64. The lowest BCUT2D eigenvalue weighted by molar-refractivity contribution is -0.127. The fourth-order valence-electron chi connectivity index (χ4n) is 2.63. The van der Waals surface area contributed by atoms with E-state index in [-0.39, 0.29) is 18.4 Å². The quantitative estimate of drug-likeness (QED) is 0.721. The standard InChI is InChI=1S/C11H16N2O2/c1-13-9-5-3-2-4-7(9)8(11(13)15)6-10(12)14/h9H,2-6H2,1H3,(H2,12,14). The van der Waals surface area contributed by atoms with Gasteiger partial charge in [0.2, 0.25) is 5.91 Å². The van der Waals surface area contributed by atoms with Gasteiger partial charge in [0.25, 0.3) is 5.91 Å². The molecule has 1 saturated carbocycles. The maximum absolute atomic E-state index is 11.9. The minimum Gasteiger partial charge on any atom is -0.369 e. The van der Waals surface area contributed by atoms with Gasteiger partial charge in [0.15, 0.2) is 0 Å². The van der Waals surface area contributed by atoms with E-state index in [2.05, 4.69) is 0 Å². The smallest absolute Gasteiger partial charge is 0.250 e. The Bertz CT molecular complexity index is 346. The lowest BCUT2D eigenvalue weighted by Gasteiger charge is -2.26. The number of primary amides is 1. The van der Waals surface area contributed by atoms with Crippen molar-refractivity contribution in [1.82, 2.24) is 4.90 Å². The van der Waals surface area contributed by atoms with Crippen molar-refractivity contribution in [2.45, 2.75) is 38.1 Å². The molecular weight excluding hydrogens is 192 g/mol. The maximum Gasteiger partial charge on any atom is 0.250 e. The van der Waals surface area contributed by atoms with E-state index in [1.165, 1.54) is 0 Å². The Balaban J connectivity index is 2.30. The van der Waals surface area contributed by atoms with Gasteiger partial charge in [-0.25, -0.2) is 0 Å². The van der Waals surface area contributed by atoms with E-state index in [4.69, 9.17) is 5.73 Å². The lowest BCUT2D eigenvalue weighted by Crippen LogP contribution is -2.33. The number of hydrogen-bond donors (Lipinski definition) is 1. The van der Waals surface area contributed by atoms with Crippen LogP contribution < -0.4 is 5.73 Å². The first-order chi connectivity index (χ1) is 7.11. The van der Waals surface area contributed by atoms with Crippen LogP contribution in [0.3, 0.4) is 0 Å². The Labute approximate surface area is 89.1 Å². The number of carbonyl (C=O) groups excluding carboxylic acids is 2. The van der Waals surface area contributed by atoms with Gasteiger partial charge < -0.3 is 10.6 Å². The summed E-state index contributed by atoms with van der Waals surface area (Å²) in [5.41, 5.74) is 6.98. The third-order valence-electron chi connectivity index (χ3n) is 3.36. The van der Waals surface area contributed by atoms with E-state index in [0.29, 0.717) is 5.57 Å². The average Bonchev–Trinajstić information content (AvgIpc) is 2.44. The van der Waals surface area contributed by atoms with Crippen molar-refractivity contribution in [1.29, 1.82) is 0 Å². The van der Waals surface area contributed by atoms with E-state index in [0.717, 1.165) is 31.3 Å². The van der Waals surface area contributed by atoms with Crippen molar-refractivity contribution in [2.24, 2.45) is 5.73 Å². The molecule has 2 amide bonds. The molecule has 0 spiro atoms. The van der Waals surface area contributed by atoms with E-state index in [9.17, 15) is 9.59 Å². The molecule has 0 aromatic heterocycles. The van der Waals surface area contributed by atoms with Gasteiger partial charge in [-0.2, -0.15) is 0 Å². The summed E-state index contributed by atoms with van der Waals surface area (Å²) in [6.45, 7) is 0. The first-order valence-corrected chi connectivity index (χ1v) is 5.38. The summed E-state index contributed by atoms with van der Waals surface area (Å²) in [6.07, 6.45) is 4.36. The fourth-order valence-corrected chi connectivity index (χ4v) is 2.63. The summed E-state index contributed by atoms with van der Waals surface area (Å²) in [5.74, 6) is -0.416. The maximum atomic E-state index is 11.9. The molecule has 1 atom stereocenters. The highest BCUT2D eigenvalue weighted by Gasteiger charge is 2.37. The van der Waals surface area contributed by atoms with E-state index in [1.54, 1.807) is 4.90 Å². The Kier molecular flexibility index (Phi) is 2.50. The van der Waals surface area contributed by atoms with Crippen molar-refractivity contribution in [2.75, 3.05) is 7.05 Å². The van der Waals surface area contributed by atoms with Crippen LogP contribution in [0.1, 0.15) is 32.1 Å². The third-order valence-corrected chi connectivity index (χ3v) is 3.36. The predicted octanol–water partition coefficient (Wildman–Crippen LogP) is 0.573. The number of carbonyl (C=O) groups is 2. The molecule has 4 heteroatoms. The monoisotopic (exact) mass is 208 g/mol. The highest BCUT2D eigenvalue weighted by Crippen LogP contribution is 2.36. The average molecular weight is 208 g/mol. The summed E-state index contributed by atoms with van der Waals surface area (Å²) in [7, 11) is 1.81. The van der Waals surface area contributed by atoms with Crippen LogP contribution in [0.15, 0.2) is 11.1 Å². The van der Waals surface area contributed by atoms with Crippen molar-refractivity contribution < 1.29 is 9.59 Å². The number of nitrogens with zero attached hydrogens (tertiary/aromatic N) is 1. The number of hydrogen-bond acceptors (Lipinski definition) is 2. The van der Waals surface area contributed by atoms with E-state index in [1.807, 2.05) is 7.05 Å². The summed E-state index contributed by atoms with van der Waals surface area (Å²) < 4.78 is 0. The Morgan fingerprint density at radius 1 is 1.53 bits per heavy atom. The molecule has 2 N–H and O–H groups in total. The second-order valence-corrected chi connectivity index (χ2v) is 4.32. The molecule has 0 radical (unpaired) electrons. The molecule has 0 aromatic rings. The van der Waals surface area contributed by atoms with Crippen LogP contribution in [0.25, 0.3) is 0 Å². The minimum absolute atomic E-state index is 0.00398. The van der Waals surface area contributed by atoms with Crippen LogP contribution in [-0.4, -0.2) is 29.8 Å². The van der Waals surface area contributed by atoms with Crippen LogP contribution in [0, 0.1) is 0 Å². The highest BCUT2D eigenvalue weighted by molar-refractivity contribution is 6.01. The summed E-state index contributed by atoms with van der Waals surface area (Å²) in [4.78, 5) is 24.5. The fraction of sp³-hybridized carbons (Fsp3) is 0.636. The molecule has 82 valence electrons. The molecule has 4 nitrogen and oxygen atoms in total. The van der Waals surface area contributed by atoms with Crippen LogP contribution in [0.5, 0.6) is 0 Å². The lowest BCUT2D eigenvalue weighted by atomic mass is 9.88. The van der Waals surface area contributed by atoms with Gasteiger partial charge in [-0.1, -0.05) is 6.42 Å². The van der Waals surface area contributed by atoms with Gasteiger partial charge in [-0.15, -0.1) is 0 Å². The topological polar surface area (TPSA) is 63.4 Å². The zero-order chi connectivity index (χ0) is 11.0. The largest absolute Gasteiger partial charge is 0.369 e. The second-order valence-electron chi connectivity index (χ2n) is 4.32. The van der Waals surface area contributed by atoms with Gasteiger partial charge in [-0.05, 0) is 24.8 Å². The molecule has 15 heavy (non-hydrogen) atoms. The zero-order valence-corrected chi connectivity index (χ0v) is 8.95. The molecule has 1 aliphatic heterocycles. The summed E-state index contributed by atoms with van der Waals surface area (Å²) in [6, 6.07) is 0.237. The normalized spacial score (nSPS) is 25.8. The number of likely N-dealkylation sites (N-methyl/N-ethyl adjacent to an activating group) is 1. The molecule has 0 saturated heterocycles. The van der Waals surface area contributed by atoms with Crippen molar-refractivity contribution in [3.63, 3.8) is 0 Å². The van der Waals surface area contributed by atoms with Gasteiger partial charge in [0.1, 0.15) is 0 Å². The minimum atomic E-state index is -0.412. The molecular formula is C11H16N2O2.